The first-order chi connectivity index (χ1) is 14.7. The predicted molar refractivity (Wildman–Crippen MR) is 102 cm³/mol. The first-order valence-electron chi connectivity index (χ1n) is 10.3. The van der Waals surface area contributed by atoms with Crippen LogP contribution in [0.1, 0.15) is 43.6 Å². The molecule has 10 heteroatoms. The van der Waals surface area contributed by atoms with E-state index in [0.717, 1.165) is 12.1 Å². The maximum Gasteiger partial charge on any atom is 0.407 e. The van der Waals surface area contributed by atoms with E-state index < -0.39 is 41.6 Å². The number of nitrogens with zero attached hydrogens (tertiary/aromatic N) is 1. The summed E-state index contributed by atoms with van der Waals surface area (Å²) in [7, 11) is 0. The monoisotopic (exact) mass is 437 g/mol. The highest BCUT2D eigenvalue weighted by atomic mass is 19.1. The predicted octanol–water partition coefficient (Wildman–Crippen LogP) is 2.29. The van der Waals surface area contributed by atoms with E-state index in [1.807, 2.05) is 0 Å². The zero-order valence-electron chi connectivity index (χ0n) is 16.7. The van der Waals surface area contributed by atoms with Gasteiger partial charge in [-0.15, -0.1) is 0 Å². The molecule has 1 atom stereocenters. The van der Waals surface area contributed by atoms with Crippen molar-refractivity contribution in [1.29, 1.82) is 0 Å². The highest BCUT2D eigenvalue weighted by Gasteiger charge is 2.68. The number of piperidine rings is 1. The number of rotatable bonds is 5. The van der Waals surface area contributed by atoms with E-state index in [4.69, 9.17) is 4.74 Å². The van der Waals surface area contributed by atoms with Crippen LogP contribution in [0, 0.1) is 17.0 Å². The molecule has 31 heavy (non-hydrogen) atoms. The van der Waals surface area contributed by atoms with E-state index >= 15 is 0 Å². The lowest BCUT2D eigenvalue weighted by atomic mass is 9.40. The second kappa shape index (κ2) is 6.86. The van der Waals surface area contributed by atoms with Crippen molar-refractivity contribution in [3.05, 3.63) is 29.3 Å². The number of alkyl halides is 1. The van der Waals surface area contributed by atoms with Crippen LogP contribution in [0.5, 0.6) is 0 Å². The molecule has 7 nitrogen and oxygen atoms in total. The van der Waals surface area contributed by atoms with Gasteiger partial charge in [0, 0.05) is 28.6 Å². The van der Waals surface area contributed by atoms with Crippen molar-refractivity contribution < 1.29 is 32.3 Å². The van der Waals surface area contributed by atoms with Gasteiger partial charge in [0.05, 0.1) is 25.7 Å². The Morgan fingerprint density at radius 3 is 2.42 bits per heavy atom. The lowest BCUT2D eigenvalue weighted by molar-refractivity contribution is -0.161. The molecule has 5 aliphatic rings. The van der Waals surface area contributed by atoms with Crippen molar-refractivity contribution in [3.8, 4) is 0 Å². The van der Waals surface area contributed by atoms with Gasteiger partial charge in [-0.1, -0.05) is 0 Å². The molecule has 0 radical (unpaired) electrons. The quantitative estimate of drug-likeness (QED) is 0.691. The maximum atomic E-state index is 14.6. The number of carbonyl (C=O) groups excluding carboxylic acids is 3. The van der Waals surface area contributed by atoms with Crippen LogP contribution in [-0.4, -0.2) is 49.3 Å². The summed E-state index contributed by atoms with van der Waals surface area (Å²) in [5.41, 5.74) is -0.624. The van der Waals surface area contributed by atoms with Crippen molar-refractivity contribution in [2.24, 2.45) is 5.41 Å². The van der Waals surface area contributed by atoms with Crippen LogP contribution in [0.2, 0.25) is 0 Å². The van der Waals surface area contributed by atoms with Crippen LogP contribution in [0.25, 0.3) is 0 Å². The van der Waals surface area contributed by atoms with Crippen LogP contribution >= 0.6 is 0 Å². The molecule has 2 N–H and O–H groups in total. The van der Waals surface area contributed by atoms with Gasteiger partial charge in [-0.3, -0.25) is 19.3 Å². The Morgan fingerprint density at radius 1 is 1.19 bits per heavy atom. The highest BCUT2D eigenvalue weighted by Crippen LogP contribution is 2.67. The van der Waals surface area contributed by atoms with E-state index in [-0.39, 0.29) is 54.8 Å². The highest BCUT2D eigenvalue weighted by molar-refractivity contribution is 6.01. The van der Waals surface area contributed by atoms with Crippen molar-refractivity contribution >= 4 is 23.6 Å². The molecule has 2 bridgehead atoms. The van der Waals surface area contributed by atoms with Gasteiger partial charge in [0.25, 0.3) is 0 Å². The van der Waals surface area contributed by atoms with E-state index in [9.17, 15) is 27.6 Å². The molecule has 3 saturated carbocycles. The fraction of sp³-hybridized carbons (Fsp3) is 0.571. The molecule has 2 saturated heterocycles. The number of nitrogens with one attached hydrogen (secondary N) is 2. The third-order valence-corrected chi connectivity index (χ3v) is 6.93. The lowest BCUT2D eigenvalue weighted by Gasteiger charge is -2.69. The number of benzene rings is 1. The number of hydrogen-bond acceptors (Lipinski definition) is 5. The molecule has 3 amide bonds. The van der Waals surface area contributed by atoms with Gasteiger partial charge in [0.15, 0.2) is 0 Å². The molecule has 5 fully saturated rings. The molecule has 1 aromatic rings. The Morgan fingerprint density at radius 2 is 1.84 bits per heavy atom. The summed E-state index contributed by atoms with van der Waals surface area (Å²) in [6.07, 6.45) is 1.04. The van der Waals surface area contributed by atoms with Crippen LogP contribution in [0.15, 0.2) is 12.1 Å². The molecule has 2 heterocycles. The summed E-state index contributed by atoms with van der Waals surface area (Å²) in [6, 6.07) is 2.30. The van der Waals surface area contributed by atoms with E-state index in [0.29, 0.717) is 19.3 Å². The van der Waals surface area contributed by atoms with Crippen LogP contribution in [0.4, 0.5) is 23.7 Å². The second-order valence-electron chi connectivity index (χ2n) is 9.33. The standard InChI is InChI=1S/C21H22F3N3O4/c22-10-20-7-21(8-20,9-20)26-19(30)31-12-5-27(6-12)11-3-14(23)17(15(24)4-11)13-1-2-16(28)25-18(13)29/h3-4,12-13H,1-2,5-10H2,(H,26,30)(H,25,28,29). The zero-order valence-corrected chi connectivity index (χ0v) is 16.7. The molecule has 166 valence electrons. The van der Waals surface area contributed by atoms with E-state index in [2.05, 4.69) is 10.6 Å². The number of amides is 3. The third-order valence-electron chi connectivity index (χ3n) is 6.93. The average Bonchev–Trinajstić information content (AvgIpc) is 2.60. The fourth-order valence-corrected chi connectivity index (χ4v) is 5.45. The first kappa shape index (κ1) is 20.1. The largest absolute Gasteiger partial charge is 0.442 e. The summed E-state index contributed by atoms with van der Waals surface area (Å²) < 4.78 is 47.5. The zero-order chi connectivity index (χ0) is 22.0. The fourth-order valence-electron chi connectivity index (χ4n) is 5.45. The molecular formula is C21H22F3N3O4. The topological polar surface area (TPSA) is 87.7 Å². The van der Waals surface area contributed by atoms with E-state index in [1.54, 1.807) is 4.90 Å². The number of ether oxygens (including phenoxy) is 1. The summed E-state index contributed by atoms with van der Waals surface area (Å²) in [6.45, 7) is 0.204. The molecule has 2 aliphatic heterocycles. The Kier molecular flexibility index (Phi) is 4.46. The summed E-state index contributed by atoms with van der Waals surface area (Å²) in [5, 5.41) is 4.92. The average molecular weight is 437 g/mol. The Hall–Kier alpha value is -2.78. The number of alkyl carbamates (subject to hydrolysis) is 1. The maximum absolute atomic E-state index is 14.6. The third kappa shape index (κ3) is 3.32. The van der Waals surface area contributed by atoms with Gasteiger partial charge in [-0.05, 0) is 37.8 Å². The minimum Gasteiger partial charge on any atom is -0.442 e. The minimum absolute atomic E-state index is 0.0281. The Bertz CT molecular complexity index is 936. The first-order valence-corrected chi connectivity index (χ1v) is 10.3. The van der Waals surface area contributed by atoms with Crippen LogP contribution < -0.4 is 15.5 Å². The Labute approximate surface area is 176 Å². The molecule has 6 rings (SSSR count). The van der Waals surface area contributed by atoms with Crippen molar-refractivity contribution in [2.75, 3.05) is 24.7 Å². The molecule has 0 spiro atoms. The van der Waals surface area contributed by atoms with Crippen molar-refractivity contribution in [2.45, 2.75) is 49.7 Å². The van der Waals surface area contributed by atoms with E-state index in [1.165, 1.54) is 0 Å². The molecule has 1 aromatic carbocycles. The number of halogens is 3. The van der Waals surface area contributed by atoms with Gasteiger partial charge in [-0.25, -0.2) is 13.6 Å². The lowest BCUT2D eigenvalue weighted by Crippen LogP contribution is -2.75. The summed E-state index contributed by atoms with van der Waals surface area (Å²) in [5.74, 6) is -3.90. The van der Waals surface area contributed by atoms with Crippen LogP contribution in [0.3, 0.4) is 0 Å². The second-order valence-corrected chi connectivity index (χ2v) is 9.33. The van der Waals surface area contributed by atoms with Gasteiger partial charge in [-0.2, -0.15) is 0 Å². The SMILES string of the molecule is O=C1CCC(c2c(F)cc(N3CC(OC(=O)NC45CC(CF)(C4)C5)C3)cc2F)C(=O)N1. The molecule has 0 aromatic heterocycles. The number of hydrogen-bond donors (Lipinski definition) is 2. The van der Waals surface area contributed by atoms with Gasteiger partial charge in [0.2, 0.25) is 11.8 Å². The normalized spacial score (nSPS) is 31.8. The Balaban J connectivity index is 1.16. The smallest absolute Gasteiger partial charge is 0.407 e. The van der Waals surface area contributed by atoms with Crippen molar-refractivity contribution in [3.63, 3.8) is 0 Å². The van der Waals surface area contributed by atoms with Gasteiger partial charge < -0.3 is 15.0 Å². The van der Waals surface area contributed by atoms with Gasteiger partial charge >= 0.3 is 6.09 Å². The number of carbonyl (C=O) groups is 3. The van der Waals surface area contributed by atoms with Crippen LogP contribution in [-0.2, 0) is 14.3 Å². The minimum atomic E-state index is -1.04. The molecule has 1 unspecified atom stereocenters. The number of anilines is 1. The number of imide groups is 1. The summed E-state index contributed by atoms with van der Waals surface area (Å²) in [4.78, 5) is 37.0. The van der Waals surface area contributed by atoms with Crippen molar-refractivity contribution in [1.82, 2.24) is 10.6 Å². The van der Waals surface area contributed by atoms with Gasteiger partial charge in [0.1, 0.15) is 17.7 Å². The molecular weight excluding hydrogens is 415 g/mol. The molecule has 3 aliphatic carbocycles. The summed E-state index contributed by atoms with van der Waals surface area (Å²) >= 11 is 0.